The van der Waals surface area contributed by atoms with Gasteiger partial charge in [-0.1, -0.05) is 30.0 Å². The second kappa shape index (κ2) is 6.69. The van der Waals surface area contributed by atoms with E-state index < -0.39 is 11.7 Å². The molecule has 0 saturated heterocycles. The second-order valence-electron chi connectivity index (χ2n) is 4.49. The molecule has 0 aliphatic heterocycles. The Bertz CT molecular complexity index is 729. The minimum atomic E-state index is -0.479. The molecule has 4 heteroatoms. The summed E-state index contributed by atoms with van der Waals surface area (Å²) in [4.78, 5) is 12.3. The van der Waals surface area contributed by atoms with Crippen molar-refractivity contribution in [2.45, 2.75) is 6.92 Å². The summed E-state index contributed by atoms with van der Waals surface area (Å²) in [5.74, 6) is 4.71. The molecule has 0 radical (unpaired) electrons. The molecule has 0 aliphatic carbocycles. The predicted molar refractivity (Wildman–Crippen MR) is 81.5 cm³/mol. The summed E-state index contributed by atoms with van der Waals surface area (Å²) in [7, 11) is 0. The van der Waals surface area contributed by atoms with E-state index >= 15 is 0 Å². The molecule has 3 N–H and O–H groups in total. The topological polar surface area (TPSA) is 55.1 Å². The number of halogens is 1. The van der Waals surface area contributed by atoms with Gasteiger partial charge in [0, 0.05) is 5.56 Å². The average Bonchev–Trinajstić information content (AvgIpc) is 2.47. The van der Waals surface area contributed by atoms with Crippen LogP contribution in [0.3, 0.4) is 0 Å². The SMILES string of the molecule is Cc1ccc(C(=O)Nc2ccccc2F)c(C#CCN)c1. The molecule has 0 fully saturated rings. The van der Waals surface area contributed by atoms with Gasteiger partial charge in [-0.3, -0.25) is 4.79 Å². The lowest BCUT2D eigenvalue weighted by molar-refractivity contribution is 0.102. The summed E-state index contributed by atoms with van der Waals surface area (Å²) in [5.41, 5.74) is 7.46. The summed E-state index contributed by atoms with van der Waals surface area (Å²) in [5, 5.41) is 2.55. The van der Waals surface area contributed by atoms with Crippen LogP contribution in [0.5, 0.6) is 0 Å². The van der Waals surface area contributed by atoms with E-state index in [1.165, 1.54) is 12.1 Å². The maximum absolute atomic E-state index is 13.6. The Morgan fingerprint density at radius 1 is 1.29 bits per heavy atom. The Morgan fingerprint density at radius 3 is 2.76 bits per heavy atom. The van der Waals surface area contributed by atoms with E-state index in [-0.39, 0.29) is 12.2 Å². The minimum Gasteiger partial charge on any atom is -0.320 e. The van der Waals surface area contributed by atoms with E-state index in [0.717, 1.165) is 5.56 Å². The maximum Gasteiger partial charge on any atom is 0.257 e. The highest BCUT2D eigenvalue weighted by molar-refractivity contribution is 6.06. The van der Waals surface area contributed by atoms with Crippen LogP contribution in [0.1, 0.15) is 21.5 Å². The molecular weight excluding hydrogens is 267 g/mol. The zero-order valence-corrected chi connectivity index (χ0v) is 11.6. The van der Waals surface area contributed by atoms with Crippen LogP contribution in [0, 0.1) is 24.6 Å². The second-order valence-corrected chi connectivity index (χ2v) is 4.49. The molecule has 1 amide bonds. The smallest absolute Gasteiger partial charge is 0.257 e. The summed E-state index contributed by atoms with van der Waals surface area (Å²) < 4.78 is 13.6. The van der Waals surface area contributed by atoms with Gasteiger partial charge in [-0.15, -0.1) is 0 Å². The van der Waals surface area contributed by atoms with Crippen molar-refractivity contribution in [3.05, 3.63) is 65.0 Å². The zero-order valence-electron chi connectivity index (χ0n) is 11.6. The van der Waals surface area contributed by atoms with Gasteiger partial charge < -0.3 is 11.1 Å². The van der Waals surface area contributed by atoms with Crippen molar-refractivity contribution in [1.29, 1.82) is 0 Å². The minimum absolute atomic E-state index is 0.140. The summed E-state index contributed by atoms with van der Waals surface area (Å²) >= 11 is 0. The highest BCUT2D eigenvalue weighted by Crippen LogP contribution is 2.16. The molecule has 21 heavy (non-hydrogen) atoms. The van der Waals surface area contributed by atoms with E-state index in [1.54, 1.807) is 24.3 Å². The van der Waals surface area contributed by atoms with Crippen molar-refractivity contribution in [2.24, 2.45) is 5.73 Å². The molecule has 2 aromatic carbocycles. The molecule has 2 rings (SSSR count). The van der Waals surface area contributed by atoms with Crippen molar-refractivity contribution < 1.29 is 9.18 Å². The van der Waals surface area contributed by atoms with Crippen LogP contribution in [0.2, 0.25) is 0 Å². The molecule has 2 aromatic rings. The third kappa shape index (κ3) is 3.68. The fourth-order valence-corrected chi connectivity index (χ4v) is 1.86. The number of aryl methyl sites for hydroxylation is 1. The van der Waals surface area contributed by atoms with Crippen LogP contribution < -0.4 is 11.1 Å². The van der Waals surface area contributed by atoms with Gasteiger partial charge in [-0.25, -0.2) is 4.39 Å². The van der Waals surface area contributed by atoms with Crippen LogP contribution >= 0.6 is 0 Å². The highest BCUT2D eigenvalue weighted by Gasteiger charge is 2.12. The normalized spacial score (nSPS) is 9.67. The predicted octanol–water partition coefficient (Wildman–Crippen LogP) is 2.70. The van der Waals surface area contributed by atoms with Gasteiger partial charge in [0.2, 0.25) is 0 Å². The Morgan fingerprint density at radius 2 is 2.05 bits per heavy atom. The van der Waals surface area contributed by atoms with Gasteiger partial charge in [0.05, 0.1) is 17.8 Å². The van der Waals surface area contributed by atoms with Gasteiger partial charge in [0.1, 0.15) is 5.82 Å². The zero-order chi connectivity index (χ0) is 15.2. The van der Waals surface area contributed by atoms with Crippen LogP contribution in [0.4, 0.5) is 10.1 Å². The van der Waals surface area contributed by atoms with Gasteiger partial charge in [0.15, 0.2) is 0 Å². The van der Waals surface area contributed by atoms with E-state index in [1.807, 2.05) is 13.0 Å². The van der Waals surface area contributed by atoms with Crippen molar-refractivity contribution >= 4 is 11.6 Å². The lowest BCUT2D eigenvalue weighted by Gasteiger charge is -2.08. The number of nitrogens with one attached hydrogen (secondary N) is 1. The van der Waals surface area contributed by atoms with Gasteiger partial charge in [-0.2, -0.15) is 0 Å². The largest absolute Gasteiger partial charge is 0.320 e. The highest BCUT2D eigenvalue weighted by atomic mass is 19.1. The van der Waals surface area contributed by atoms with Crippen LogP contribution in [0.25, 0.3) is 0 Å². The molecule has 0 spiro atoms. The molecule has 0 bridgehead atoms. The molecule has 106 valence electrons. The first-order valence-electron chi connectivity index (χ1n) is 6.47. The van der Waals surface area contributed by atoms with E-state index in [2.05, 4.69) is 17.2 Å². The standard InChI is InChI=1S/C17H15FN2O/c1-12-8-9-14(13(11-12)5-4-10-19)17(21)20-16-7-3-2-6-15(16)18/h2-3,6-9,11H,10,19H2,1H3,(H,20,21). The third-order valence-electron chi connectivity index (χ3n) is 2.87. The number of rotatable bonds is 2. The van der Waals surface area contributed by atoms with E-state index in [0.29, 0.717) is 11.1 Å². The first-order chi connectivity index (χ1) is 10.1. The van der Waals surface area contributed by atoms with E-state index in [4.69, 9.17) is 5.73 Å². The summed E-state index contributed by atoms with van der Waals surface area (Å²) in [6.07, 6.45) is 0. The number of para-hydroxylation sites is 1. The van der Waals surface area contributed by atoms with Gasteiger partial charge >= 0.3 is 0 Å². The first kappa shape index (κ1) is 14.8. The monoisotopic (exact) mass is 282 g/mol. The van der Waals surface area contributed by atoms with Crippen LogP contribution in [-0.2, 0) is 0 Å². The molecule has 0 aliphatic rings. The molecule has 0 heterocycles. The maximum atomic E-state index is 13.6. The quantitative estimate of drug-likeness (QED) is 0.832. The molecule has 0 unspecified atom stereocenters. The van der Waals surface area contributed by atoms with E-state index in [9.17, 15) is 9.18 Å². The van der Waals surface area contributed by atoms with Gasteiger partial charge in [-0.05, 0) is 36.8 Å². The fourth-order valence-electron chi connectivity index (χ4n) is 1.86. The molecule has 3 nitrogen and oxygen atoms in total. The first-order valence-corrected chi connectivity index (χ1v) is 6.47. The summed E-state index contributed by atoms with van der Waals surface area (Å²) in [6, 6.07) is 11.3. The number of carbonyl (C=O) groups is 1. The lowest BCUT2D eigenvalue weighted by Crippen LogP contribution is -2.14. The number of hydrogen-bond donors (Lipinski definition) is 2. The Balaban J connectivity index is 2.33. The Hall–Kier alpha value is -2.64. The average molecular weight is 282 g/mol. The number of amides is 1. The van der Waals surface area contributed by atoms with Crippen molar-refractivity contribution in [2.75, 3.05) is 11.9 Å². The molecular formula is C17H15FN2O. The molecule has 0 atom stereocenters. The lowest BCUT2D eigenvalue weighted by atomic mass is 10.0. The number of carbonyl (C=O) groups excluding carboxylic acids is 1. The van der Waals surface area contributed by atoms with Crippen molar-refractivity contribution in [3.63, 3.8) is 0 Å². The number of benzene rings is 2. The molecule has 0 aromatic heterocycles. The Labute approximate surface area is 123 Å². The summed E-state index contributed by atoms with van der Waals surface area (Å²) in [6.45, 7) is 2.12. The number of nitrogens with two attached hydrogens (primary N) is 1. The Kier molecular flexibility index (Phi) is 4.70. The van der Waals surface area contributed by atoms with Crippen molar-refractivity contribution in [1.82, 2.24) is 0 Å². The fraction of sp³-hybridized carbons (Fsp3) is 0.118. The van der Waals surface area contributed by atoms with Crippen LogP contribution in [-0.4, -0.2) is 12.5 Å². The number of anilines is 1. The molecule has 0 saturated carbocycles. The number of hydrogen-bond acceptors (Lipinski definition) is 2. The third-order valence-corrected chi connectivity index (χ3v) is 2.87. The van der Waals surface area contributed by atoms with Gasteiger partial charge in [0.25, 0.3) is 5.91 Å². The van der Waals surface area contributed by atoms with Crippen molar-refractivity contribution in [3.8, 4) is 11.8 Å². The van der Waals surface area contributed by atoms with Crippen LogP contribution in [0.15, 0.2) is 42.5 Å².